The Balaban J connectivity index is 2.84. The van der Waals surface area contributed by atoms with Crippen LogP contribution in [-0.2, 0) is 9.53 Å². The molecule has 0 amide bonds. The fourth-order valence-electron chi connectivity index (χ4n) is 1.84. The smallest absolute Gasteiger partial charge is 0.336 e. The summed E-state index contributed by atoms with van der Waals surface area (Å²) < 4.78 is 5.30. The molecule has 0 atom stereocenters. The molecular formula is C11H14BrNO2. The van der Waals surface area contributed by atoms with E-state index < -0.39 is 5.97 Å². The van der Waals surface area contributed by atoms with Gasteiger partial charge < -0.3 is 4.74 Å². The summed E-state index contributed by atoms with van der Waals surface area (Å²) in [5.41, 5.74) is 0.101. The molecule has 1 aliphatic rings. The highest BCUT2D eigenvalue weighted by molar-refractivity contribution is 9.11. The molecule has 1 saturated carbocycles. The number of carbonyl (C=O) groups is 1. The lowest BCUT2D eigenvalue weighted by atomic mass is 9.88. The van der Waals surface area contributed by atoms with Crippen molar-refractivity contribution in [3.8, 4) is 0 Å². The van der Waals surface area contributed by atoms with Crippen LogP contribution in [0, 0.1) is 12.5 Å². The zero-order valence-corrected chi connectivity index (χ0v) is 10.3. The molecule has 82 valence electrons. The lowest BCUT2D eigenvalue weighted by Crippen LogP contribution is -2.11. The van der Waals surface area contributed by atoms with Crippen LogP contribution in [-0.4, -0.2) is 13.1 Å². The number of halogens is 1. The van der Waals surface area contributed by atoms with Gasteiger partial charge in [-0.3, -0.25) is 4.79 Å². The van der Waals surface area contributed by atoms with Crippen molar-refractivity contribution in [1.29, 1.82) is 0 Å². The predicted octanol–water partition coefficient (Wildman–Crippen LogP) is 3.27. The summed E-state index contributed by atoms with van der Waals surface area (Å²) in [7, 11) is 1.30. The molecule has 0 aromatic carbocycles. The summed E-state index contributed by atoms with van der Waals surface area (Å²) in [6.45, 7) is 6.98. The molecule has 0 spiro atoms. The summed E-state index contributed by atoms with van der Waals surface area (Å²) in [6, 6.07) is 0. The Morgan fingerprint density at radius 2 is 2.00 bits per heavy atom. The lowest BCUT2D eigenvalue weighted by molar-refractivity contribution is -0.135. The zero-order valence-electron chi connectivity index (χ0n) is 8.75. The third-order valence-electron chi connectivity index (χ3n) is 2.68. The number of nitrogens with zero attached hydrogens (tertiary/aromatic N) is 1. The number of rotatable bonds is 2. The molecule has 15 heavy (non-hydrogen) atoms. The van der Waals surface area contributed by atoms with Crippen LogP contribution < -0.4 is 0 Å². The van der Waals surface area contributed by atoms with E-state index in [0.29, 0.717) is 5.92 Å². The van der Waals surface area contributed by atoms with Gasteiger partial charge in [-0.05, 0) is 18.8 Å². The van der Waals surface area contributed by atoms with E-state index in [4.69, 9.17) is 6.57 Å². The lowest BCUT2D eigenvalue weighted by Gasteiger charge is -2.21. The van der Waals surface area contributed by atoms with Crippen LogP contribution in [0.4, 0.5) is 0 Å². The second-order valence-electron chi connectivity index (χ2n) is 3.63. The van der Waals surface area contributed by atoms with Crippen molar-refractivity contribution < 1.29 is 9.53 Å². The zero-order chi connectivity index (χ0) is 11.3. The van der Waals surface area contributed by atoms with Gasteiger partial charge in [0.1, 0.15) is 0 Å². The van der Waals surface area contributed by atoms with Crippen molar-refractivity contribution in [3.05, 3.63) is 21.6 Å². The van der Waals surface area contributed by atoms with Gasteiger partial charge in [0, 0.05) is 4.48 Å². The van der Waals surface area contributed by atoms with Crippen molar-refractivity contribution in [2.45, 2.75) is 32.1 Å². The molecule has 0 heterocycles. The second kappa shape index (κ2) is 5.92. The standard InChI is InChI=1S/C11H14BrNO2/c1-13-10(11(14)15-2)9(12)8-6-4-3-5-7-8/h8H,3-7H2,2H3. The molecule has 1 fully saturated rings. The predicted molar refractivity (Wildman–Crippen MR) is 61.1 cm³/mol. The van der Waals surface area contributed by atoms with Crippen molar-refractivity contribution in [2.24, 2.45) is 5.92 Å². The van der Waals surface area contributed by atoms with E-state index in [2.05, 4.69) is 25.5 Å². The Labute approximate surface area is 98.4 Å². The Bertz CT molecular complexity index is 311. The van der Waals surface area contributed by atoms with Gasteiger partial charge in [-0.15, -0.1) is 0 Å². The topological polar surface area (TPSA) is 30.7 Å². The summed E-state index contributed by atoms with van der Waals surface area (Å²) in [5.74, 6) is -0.218. The van der Waals surface area contributed by atoms with E-state index in [9.17, 15) is 4.79 Å². The molecule has 0 aromatic rings. The Morgan fingerprint density at radius 3 is 2.47 bits per heavy atom. The molecule has 1 rings (SSSR count). The maximum Gasteiger partial charge on any atom is 0.336 e. The second-order valence-corrected chi connectivity index (χ2v) is 4.49. The molecule has 1 aliphatic carbocycles. The van der Waals surface area contributed by atoms with Gasteiger partial charge in [-0.1, -0.05) is 35.2 Å². The van der Waals surface area contributed by atoms with E-state index in [1.807, 2.05) is 0 Å². The van der Waals surface area contributed by atoms with E-state index in [1.165, 1.54) is 26.4 Å². The number of allylic oxidation sites excluding steroid dienone is 1. The average molecular weight is 272 g/mol. The van der Waals surface area contributed by atoms with Gasteiger partial charge in [-0.2, -0.15) is 0 Å². The quantitative estimate of drug-likeness (QED) is 0.439. The third kappa shape index (κ3) is 3.07. The van der Waals surface area contributed by atoms with E-state index in [-0.39, 0.29) is 5.70 Å². The van der Waals surface area contributed by atoms with Crippen LogP contribution >= 0.6 is 15.9 Å². The molecule has 0 aromatic heterocycles. The van der Waals surface area contributed by atoms with E-state index >= 15 is 0 Å². The summed E-state index contributed by atoms with van der Waals surface area (Å²) >= 11 is 3.37. The number of carbonyl (C=O) groups excluding carboxylic acids is 1. The fraction of sp³-hybridized carbons (Fsp3) is 0.636. The number of hydrogen-bond acceptors (Lipinski definition) is 2. The average Bonchev–Trinajstić information content (AvgIpc) is 2.30. The Morgan fingerprint density at radius 1 is 1.40 bits per heavy atom. The van der Waals surface area contributed by atoms with Crippen molar-refractivity contribution >= 4 is 21.9 Å². The first-order valence-electron chi connectivity index (χ1n) is 5.06. The molecule has 0 saturated heterocycles. The molecule has 0 bridgehead atoms. The minimum Gasteiger partial charge on any atom is -0.474 e. The first kappa shape index (κ1) is 12.3. The number of methoxy groups -OCH3 is 1. The van der Waals surface area contributed by atoms with Crippen LogP contribution in [0.25, 0.3) is 4.85 Å². The van der Waals surface area contributed by atoms with E-state index in [1.54, 1.807) is 0 Å². The molecule has 3 nitrogen and oxygen atoms in total. The normalized spacial score (nSPS) is 19.0. The SMILES string of the molecule is [C-]#[N+]C(C(=O)OC)=C(Br)C1CCCCC1. The third-order valence-corrected chi connectivity index (χ3v) is 3.70. The van der Waals surface area contributed by atoms with Crippen LogP contribution in [0.5, 0.6) is 0 Å². The minimum atomic E-state index is -0.539. The summed E-state index contributed by atoms with van der Waals surface area (Å²) in [4.78, 5) is 14.5. The monoisotopic (exact) mass is 271 g/mol. The highest BCUT2D eigenvalue weighted by Crippen LogP contribution is 2.35. The van der Waals surface area contributed by atoms with Crippen LogP contribution in [0.2, 0.25) is 0 Å². The van der Waals surface area contributed by atoms with Crippen molar-refractivity contribution in [2.75, 3.05) is 7.11 Å². The summed E-state index contributed by atoms with van der Waals surface area (Å²) in [5, 5.41) is 0. The Kier molecular flexibility index (Phi) is 4.83. The fourth-order valence-corrected chi connectivity index (χ4v) is 2.55. The molecule has 0 unspecified atom stereocenters. The van der Waals surface area contributed by atoms with Crippen LogP contribution in [0.3, 0.4) is 0 Å². The molecule has 0 radical (unpaired) electrons. The van der Waals surface area contributed by atoms with Crippen molar-refractivity contribution in [1.82, 2.24) is 0 Å². The Hall–Kier alpha value is -0.820. The van der Waals surface area contributed by atoms with Crippen LogP contribution in [0.15, 0.2) is 10.2 Å². The van der Waals surface area contributed by atoms with Gasteiger partial charge in [-0.25, -0.2) is 4.85 Å². The van der Waals surface area contributed by atoms with Gasteiger partial charge >= 0.3 is 5.97 Å². The van der Waals surface area contributed by atoms with E-state index in [0.717, 1.165) is 17.3 Å². The number of hydrogen-bond donors (Lipinski definition) is 0. The largest absolute Gasteiger partial charge is 0.474 e. The molecule has 4 heteroatoms. The maximum absolute atomic E-state index is 11.3. The van der Waals surface area contributed by atoms with Gasteiger partial charge in [0.05, 0.1) is 13.7 Å². The van der Waals surface area contributed by atoms with Gasteiger partial charge in [0.2, 0.25) is 0 Å². The van der Waals surface area contributed by atoms with Gasteiger partial charge in [0.15, 0.2) is 0 Å². The van der Waals surface area contributed by atoms with Gasteiger partial charge in [0.25, 0.3) is 5.70 Å². The molecular weight excluding hydrogens is 258 g/mol. The summed E-state index contributed by atoms with van der Waals surface area (Å²) in [6.07, 6.45) is 5.70. The van der Waals surface area contributed by atoms with Crippen molar-refractivity contribution in [3.63, 3.8) is 0 Å². The molecule has 0 N–H and O–H groups in total. The first-order valence-corrected chi connectivity index (χ1v) is 5.85. The first-order chi connectivity index (χ1) is 7.20. The highest BCUT2D eigenvalue weighted by Gasteiger charge is 2.23. The maximum atomic E-state index is 11.3. The number of esters is 1. The number of ether oxygens (including phenoxy) is 1. The highest BCUT2D eigenvalue weighted by atomic mass is 79.9. The minimum absolute atomic E-state index is 0.101. The molecule has 0 aliphatic heterocycles. The van der Waals surface area contributed by atoms with Crippen LogP contribution in [0.1, 0.15) is 32.1 Å².